The number of amides is 2. The third-order valence-corrected chi connectivity index (χ3v) is 7.39. The van der Waals surface area contributed by atoms with Crippen LogP contribution in [0.3, 0.4) is 0 Å². The Balaban J connectivity index is 1.47. The van der Waals surface area contributed by atoms with Crippen LogP contribution in [0.1, 0.15) is 46.9 Å². The fourth-order valence-electron chi connectivity index (χ4n) is 4.85. The zero-order valence-electron chi connectivity index (χ0n) is 17.6. The Morgan fingerprint density at radius 1 is 1.03 bits per heavy atom. The van der Waals surface area contributed by atoms with Gasteiger partial charge in [-0.15, -0.1) is 11.3 Å². The number of anilines is 2. The van der Waals surface area contributed by atoms with Crippen LogP contribution in [0.25, 0.3) is 0 Å². The minimum atomic E-state index is -0.300. The molecule has 1 N–H and O–H groups in total. The average molecular weight is 431 g/mol. The lowest BCUT2D eigenvalue weighted by Gasteiger charge is -2.40. The minimum Gasteiger partial charge on any atom is -0.326 e. The highest BCUT2D eigenvalue weighted by molar-refractivity contribution is 7.10. The molecule has 3 aromatic rings. The first-order valence-electron chi connectivity index (χ1n) is 10.9. The van der Waals surface area contributed by atoms with Gasteiger partial charge in [0, 0.05) is 22.7 Å². The molecule has 1 aromatic heterocycles. The Kier molecular flexibility index (Phi) is 5.36. The summed E-state index contributed by atoms with van der Waals surface area (Å²) in [5.74, 6) is -0.240. The summed E-state index contributed by atoms with van der Waals surface area (Å²) < 4.78 is 0. The number of piperidine rings is 1. The fourth-order valence-corrected chi connectivity index (χ4v) is 5.73. The SMILES string of the molecule is Cc1ccc(N2C(=O)CCC(C(=O)Nc3ccc4c(c3)CCC4)C2c2cccs2)cc1. The molecule has 5 heteroatoms. The van der Waals surface area contributed by atoms with Crippen LogP contribution in [0.5, 0.6) is 0 Å². The second-order valence-corrected chi connectivity index (χ2v) is 9.51. The van der Waals surface area contributed by atoms with E-state index in [2.05, 4.69) is 17.4 Å². The lowest BCUT2D eigenvalue weighted by Crippen LogP contribution is -2.46. The predicted molar refractivity (Wildman–Crippen MR) is 126 cm³/mol. The first-order valence-corrected chi connectivity index (χ1v) is 11.8. The Labute approximate surface area is 186 Å². The Bertz CT molecular complexity index is 1100. The number of nitrogens with one attached hydrogen (secondary N) is 1. The van der Waals surface area contributed by atoms with Gasteiger partial charge in [0.15, 0.2) is 0 Å². The largest absolute Gasteiger partial charge is 0.326 e. The third-order valence-electron chi connectivity index (χ3n) is 6.45. The predicted octanol–water partition coefficient (Wildman–Crippen LogP) is 5.67. The van der Waals surface area contributed by atoms with Crippen LogP contribution in [0.4, 0.5) is 11.4 Å². The number of thiophene rings is 1. The van der Waals surface area contributed by atoms with E-state index >= 15 is 0 Å². The molecule has 2 atom stereocenters. The van der Waals surface area contributed by atoms with Gasteiger partial charge in [-0.2, -0.15) is 0 Å². The summed E-state index contributed by atoms with van der Waals surface area (Å²) in [5.41, 5.74) is 5.58. The molecule has 1 fully saturated rings. The molecule has 1 saturated heterocycles. The standard InChI is InChI=1S/C26H26N2O2S/c1-17-7-11-21(12-8-17)28-24(29)14-13-22(25(28)23-6-3-15-31-23)26(30)27-20-10-9-18-4-2-5-19(18)16-20/h3,6-12,15-16,22,25H,2,4-5,13-14H2,1H3,(H,27,30). The highest BCUT2D eigenvalue weighted by Crippen LogP contribution is 2.42. The van der Waals surface area contributed by atoms with Crippen molar-refractivity contribution in [3.8, 4) is 0 Å². The molecular weight excluding hydrogens is 404 g/mol. The van der Waals surface area contributed by atoms with E-state index in [-0.39, 0.29) is 23.8 Å². The van der Waals surface area contributed by atoms with Crippen molar-refractivity contribution in [2.24, 2.45) is 5.92 Å². The van der Waals surface area contributed by atoms with Crippen LogP contribution in [0.2, 0.25) is 0 Å². The summed E-state index contributed by atoms with van der Waals surface area (Å²) in [7, 11) is 0. The topological polar surface area (TPSA) is 49.4 Å². The van der Waals surface area contributed by atoms with Crippen LogP contribution in [0, 0.1) is 12.8 Å². The fraction of sp³-hybridized carbons (Fsp3) is 0.308. The maximum atomic E-state index is 13.5. The van der Waals surface area contributed by atoms with E-state index in [0.29, 0.717) is 12.8 Å². The molecule has 158 valence electrons. The van der Waals surface area contributed by atoms with E-state index in [0.717, 1.165) is 34.7 Å². The molecule has 2 heterocycles. The number of fused-ring (bicyclic) bond motifs is 1. The molecule has 2 aliphatic rings. The average Bonchev–Trinajstić information content (AvgIpc) is 3.46. The zero-order chi connectivity index (χ0) is 21.4. The normalized spacial score (nSPS) is 20.5. The lowest BCUT2D eigenvalue weighted by atomic mass is 9.86. The number of nitrogens with zero attached hydrogens (tertiary/aromatic N) is 1. The minimum absolute atomic E-state index is 0.0130. The van der Waals surface area contributed by atoms with Crippen molar-refractivity contribution in [3.63, 3.8) is 0 Å². The van der Waals surface area contributed by atoms with Gasteiger partial charge in [0.2, 0.25) is 11.8 Å². The summed E-state index contributed by atoms with van der Waals surface area (Å²) in [6.45, 7) is 2.03. The summed E-state index contributed by atoms with van der Waals surface area (Å²) in [4.78, 5) is 29.4. The van der Waals surface area contributed by atoms with E-state index < -0.39 is 0 Å². The Hall–Kier alpha value is -2.92. The van der Waals surface area contributed by atoms with Gasteiger partial charge in [0.1, 0.15) is 0 Å². The van der Waals surface area contributed by atoms with Crippen molar-refractivity contribution in [2.45, 2.75) is 45.1 Å². The molecule has 0 spiro atoms. The molecule has 5 rings (SSSR count). The smallest absolute Gasteiger partial charge is 0.229 e. The zero-order valence-corrected chi connectivity index (χ0v) is 18.5. The van der Waals surface area contributed by atoms with Gasteiger partial charge < -0.3 is 10.2 Å². The number of hydrogen-bond donors (Lipinski definition) is 1. The van der Waals surface area contributed by atoms with Crippen molar-refractivity contribution in [1.29, 1.82) is 0 Å². The molecule has 1 aliphatic carbocycles. The quantitative estimate of drug-likeness (QED) is 0.580. The molecule has 4 nitrogen and oxygen atoms in total. The maximum absolute atomic E-state index is 13.5. The second-order valence-electron chi connectivity index (χ2n) is 8.53. The van der Waals surface area contributed by atoms with E-state index in [9.17, 15) is 9.59 Å². The number of aryl methyl sites for hydroxylation is 3. The molecule has 2 aromatic carbocycles. The number of benzene rings is 2. The van der Waals surface area contributed by atoms with Gasteiger partial charge in [-0.1, -0.05) is 29.8 Å². The highest BCUT2D eigenvalue weighted by Gasteiger charge is 2.42. The Morgan fingerprint density at radius 3 is 2.61 bits per heavy atom. The van der Waals surface area contributed by atoms with Crippen molar-refractivity contribution < 1.29 is 9.59 Å². The number of rotatable bonds is 4. The van der Waals surface area contributed by atoms with Crippen molar-refractivity contribution in [1.82, 2.24) is 0 Å². The lowest BCUT2D eigenvalue weighted by molar-refractivity contribution is -0.125. The number of hydrogen-bond acceptors (Lipinski definition) is 3. The number of carbonyl (C=O) groups excluding carboxylic acids is 2. The van der Waals surface area contributed by atoms with Gasteiger partial charge in [0.05, 0.1) is 12.0 Å². The monoisotopic (exact) mass is 430 g/mol. The van der Waals surface area contributed by atoms with Crippen LogP contribution in [0.15, 0.2) is 60.0 Å². The number of carbonyl (C=O) groups is 2. The molecule has 0 radical (unpaired) electrons. The van der Waals surface area contributed by atoms with Crippen LogP contribution >= 0.6 is 11.3 Å². The van der Waals surface area contributed by atoms with Crippen molar-refractivity contribution in [3.05, 3.63) is 81.5 Å². The van der Waals surface area contributed by atoms with E-state index in [1.54, 1.807) is 11.3 Å². The highest BCUT2D eigenvalue weighted by atomic mass is 32.1. The first-order chi connectivity index (χ1) is 15.1. The molecule has 0 saturated carbocycles. The summed E-state index contributed by atoms with van der Waals surface area (Å²) >= 11 is 1.60. The van der Waals surface area contributed by atoms with Crippen molar-refractivity contribution >= 4 is 34.5 Å². The summed E-state index contributed by atoms with van der Waals surface area (Å²) in [6.07, 6.45) is 4.32. The van der Waals surface area contributed by atoms with Gasteiger partial charge in [-0.25, -0.2) is 0 Å². The van der Waals surface area contributed by atoms with Gasteiger partial charge >= 0.3 is 0 Å². The summed E-state index contributed by atoms with van der Waals surface area (Å²) in [5, 5.41) is 5.17. The van der Waals surface area contributed by atoms with Crippen molar-refractivity contribution in [2.75, 3.05) is 10.2 Å². The molecular formula is C26H26N2O2S. The van der Waals surface area contributed by atoms with Gasteiger partial charge in [0.25, 0.3) is 0 Å². The molecule has 2 amide bonds. The van der Waals surface area contributed by atoms with E-state index in [1.165, 1.54) is 17.5 Å². The van der Waals surface area contributed by atoms with Crippen LogP contribution < -0.4 is 10.2 Å². The molecule has 1 aliphatic heterocycles. The van der Waals surface area contributed by atoms with Gasteiger partial charge in [-0.3, -0.25) is 9.59 Å². The third kappa shape index (κ3) is 3.90. The van der Waals surface area contributed by atoms with Crippen LogP contribution in [-0.2, 0) is 22.4 Å². The first kappa shape index (κ1) is 20.0. The molecule has 0 bridgehead atoms. The molecule has 2 unspecified atom stereocenters. The maximum Gasteiger partial charge on any atom is 0.229 e. The molecule has 31 heavy (non-hydrogen) atoms. The van der Waals surface area contributed by atoms with E-state index in [1.807, 2.05) is 59.7 Å². The van der Waals surface area contributed by atoms with Crippen LogP contribution in [-0.4, -0.2) is 11.8 Å². The second kappa shape index (κ2) is 8.31. The van der Waals surface area contributed by atoms with Gasteiger partial charge in [-0.05, 0) is 79.4 Å². The summed E-state index contributed by atoms with van der Waals surface area (Å²) in [6, 6.07) is 18.0. The van der Waals surface area contributed by atoms with E-state index in [4.69, 9.17) is 0 Å². The Morgan fingerprint density at radius 2 is 1.84 bits per heavy atom.